The average Bonchev–Trinajstić information content (AvgIpc) is 2.14. The normalized spacial score (nSPS) is 14.6. The zero-order valence-electron chi connectivity index (χ0n) is 6.93. The molecular formula is C6H9ClFNO5. The van der Waals surface area contributed by atoms with Gasteiger partial charge in [0.2, 0.25) is 0 Å². The third kappa shape index (κ3) is 3.44. The van der Waals surface area contributed by atoms with Gasteiger partial charge in [-0.25, -0.2) is 4.79 Å². The number of carboxylic acids is 1. The number of carbonyl (C=O) groups excluding carboxylic acids is 1. The van der Waals surface area contributed by atoms with Crippen LogP contribution in [0.1, 0.15) is 0 Å². The fraction of sp³-hybridized carbons (Fsp3) is 0.667. The highest BCUT2D eigenvalue weighted by molar-refractivity contribution is 6.18. The molecule has 0 bridgehead atoms. The lowest BCUT2D eigenvalue weighted by Gasteiger charge is -2.16. The monoisotopic (exact) mass is 229 g/mol. The quantitative estimate of drug-likeness (QED) is 0.404. The Morgan fingerprint density at radius 2 is 1.86 bits per heavy atom. The van der Waals surface area contributed by atoms with E-state index in [2.05, 4.69) is 0 Å². The molecule has 0 aromatic heterocycles. The van der Waals surface area contributed by atoms with Gasteiger partial charge in [0.05, 0.1) is 6.54 Å². The second-order valence-corrected chi connectivity index (χ2v) is 2.72. The molecule has 82 valence electrons. The number of nitrogens with zero attached hydrogens (tertiary/aromatic N) is 1. The van der Waals surface area contributed by atoms with Crippen LogP contribution in [0.25, 0.3) is 0 Å². The second-order valence-electron chi connectivity index (χ2n) is 2.34. The minimum Gasteiger partial charge on any atom is -0.479 e. The first-order valence-electron chi connectivity index (χ1n) is 3.54. The number of halogens is 2. The number of alkyl halides is 1. The van der Waals surface area contributed by atoms with Gasteiger partial charge in [0.1, 0.15) is 0 Å². The van der Waals surface area contributed by atoms with Crippen molar-refractivity contribution in [1.29, 1.82) is 0 Å². The molecule has 6 nitrogen and oxygen atoms in total. The van der Waals surface area contributed by atoms with Gasteiger partial charge in [-0.1, -0.05) is 4.48 Å². The zero-order chi connectivity index (χ0) is 11.3. The molecule has 0 aromatic rings. The Labute approximate surface area is 83.4 Å². The Morgan fingerprint density at radius 1 is 1.36 bits per heavy atom. The van der Waals surface area contributed by atoms with Gasteiger partial charge in [-0.15, -0.1) is 11.6 Å². The van der Waals surface area contributed by atoms with Crippen molar-refractivity contribution in [3.63, 3.8) is 0 Å². The van der Waals surface area contributed by atoms with Crippen molar-refractivity contribution in [1.82, 2.24) is 5.12 Å². The Morgan fingerprint density at radius 3 is 2.21 bits per heavy atom. The maximum Gasteiger partial charge on any atom is 0.335 e. The van der Waals surface area contributed by atoms with E-state index < -0.39 is 35.8 Å². The van der Waals surface area contributed by atoms with Gasteiger partial charge in [-0.2, -0.15) is 5.12 Å². The van der Waals surface area contributed by atoms with E-state index in [-0.39, 0.29) is 5.88 Å². The third-order valence-corrected chi connectivity index (χ3v) is 1.49. The van der Waals surface area contributed by atoms with Crippen LogP contribution in [0.2, 0.25) is 0 Å². The van der Waals surface area contributed by atoms with Crippen LogP contribution >= 0.6 is 11.6 Å². The summed E-state index contributed by atoms with van der Waals surface area (Å²) in [4.78, 5) is 20.9. The van der Waals surface area contributed by atoms with E-state index in [0.29, 0.717) is 0 Å². The Kier molecular flexibility index (Phi) is 5.36. The van der Waals surface area contributed by atoms with Crippen molar-refractivity contribution >= 4 is 23.5 Å². The first-order chi connectivity index (χ1) is 6.41. The molecule has 0 radical (unpaired) electrons. The van der Waals surface area contributed by atoms with Gasteiger partial charge in [0.15, 0.2) is 12.2 Å². The summed E-state index contributed by atoms with van der Waals surface area (Å²) in [7, 11) is 0. The van der Waals surface area contributed by atoms with Crippen LogP contribution in [0.3, 0.4) is 0 Å². The van der Waals surface area contributed by atoms with E-state index in [0.717, 1.165) is 0 Å². The van der Waals surface area contributed by atoms with Crippen LogP contribution in [0, 0.1) is 0 Å². The van der Waals surface area contributed by atoms with E-state index in [4.69, 9.17) is 26.9 Å². The first kappa shape index (κ1) is 13.1. The SMILES string of the molecule is O=C(O)[C@H](O)[C@@H](O)C(=O)N(F)CCCl. The number of hydrogen-bond donors (Lipinski definition) is 3. The average molecular weight is 230 g/mol. The predicted octanol–water partition coefficient (Wildman–Crippen LogP) is -1.26. The minimum atomic E-state index is -2.35. The van der Waals surface area contributed by atoms with E-state index in [1.54, 1.807) is 0 Å². The molecule has 0 aliphatic rings. The highest BCUT2D eigenvalue weighted by atomic mass is 35.5. The van der Waals surface area contributed by atoms with Crippen LogP contribution in [-0.4, -0.2) is 57.0 Å². The standard InChI is InChI=1S/C6H9ClFNO5/c7-1-2-9(8)5(12)3(10)4(11)6(13)14/h3-4,10-11H,1-2H2,(H,13,14)/t3-,4-/m1/s1. The Balaban J connectivity index is 4.30. The molecular weight excluding hydrogens is 221 g/mol. The van der Waals surface area contributed by atoms with E-state index in [1.165, 1.54) is 0 Å². The number of rotatable bonds is 5. The van der Waals surface area contributed by atoms with Crippen molar-refractivity contribution < 1.29 is 29.4 Å². The van der Waals surface area contributed by atoms with Gasteiger partial charge in [0.25, 0.3) is 5.91 Å². The van der Waals surface area contributed by atoms with Gasteiger partial charge >= 0.3 is 5.97 Å². The summed E-state index contributed by atoms with van der Waals surface area (Å²) in [5.41, 5.74) is 0. The third-order valence-electron chi connectivity index (χ3n) is 1.33. The number of aliphatic hydroxyl groups excluding tert-OH is 2. The van der Waals surface area contributed by atoms with Gasteiger partial charge < -0.3 is 15.3 Å². The topological polar surface area (TPSA) is 98.1 Å². The van der Waals surface area contributed by atoms with E-state index >= 15 is 0 Å². The molecule has 0 aromatic carbocycles. The summed E-state index contributed by atoms with van der Waals surface area (Å²) in [5.74, 6) is -3.57. The van der Waals surface area contributed by atoms with E-state index in [9.17, 15) is 14.1 Å². The second kappa shape index (κ2) is 5.74. The molecule has 0 saturated heterocycles. The molecule has 0 unspecified atom stereocenters. The van der Waals surface area contributed by atoms with Gasteiger partial charge in [-0.3, -0.25) is 4.79 Å². The zero-order valence-corrected chi connectivity index (χ0v) is 7.69. The predicted molar refractivity (Wildman–Crippen MR) is 43.2 cm³/mol. The largest absolute Gasteiger partial charge is 0.479 e. The van der Waals surface area contributed by atoms with Crippen LogP contribution in [-0.2, 0) is 9.59 Å². The number of hydrogen-bond acceptors (Lipinski definition) is 4. The molecule has 14 heavy (non-hydrogen) atoms. The lowest BCUT2D eigenvalue weighted by Crippen LogP contribution is -2.45. The Hall–Kier alpha value is -0.920. The number of aliphatic hydroxyl groups is 2. The molecule has 0 aliphatic carbocycles. The van der Waals surface area contributed by atoms with Crippen LogP contribution in [0.4, 0.5) is 4.48 Å². The minimum absolute atomic E-state index is 0.210. The lowest BCUT2D eigenvalue weighted by atomic mass is 10.2. The summed E-state index contributed by atoms with van der Waals surface area (Å²) in [6, 6.07) is 0. The maximum atomic E-state index is 12.6. The van der Waals surface area contributed by atoms with E-state index in [1.807, 2.05) is 0 Å². The maximum absolute atomic E-state index is 12.6. The van der Waals surface area contributed by atoms with Crippen molar-refractivity contribution in [3.8, 4) is 0 Å². The molecule has 0 heterocycles. The summed E-state index contributed by atoms with van der Waals surface area (Å²) in [5, 5.41) is 25.3. The molecule has 0 spiro atoms. The molecule has 8 heteroatoms. The molecule has 2 atom stereocenters. The molecule has 0 rings (SSSR count). The molecule has 0 saturated carbocycles. The van der Waals surface area contributed by atoms with Crippen molar-refractivity contribution in [2.24, 2.45) is 0 Å². The Bertz CT molecular complexity index is 226. The summed E-state index contributed by atoms with van der Waals surface area (Å²) >= 11 is 5.09. The highest BCUT2D eigenvalue weighted by Gasteiger charge is 2.33. The van der Waals surface area contributed by atoms with Crippen LogP contribution < -0.4 is 0 Å². The van der Waals surface area contributed by atoms with Gasteiger partial charge in [0, 0.05) is 5.88 Å². The highest BCUT2D eigenvalue weighted by Crippen LogP contribution is 2.02. The summed E-state index contributed by atoms with van der Waals surface area (Å²) in [6.07, 6.45) is -4.68. The smallest absolute Gasteiger partial charge is 0.335 e. The number of amides is 1. The summed E-state index contributed by atoms with van der Waals surface area (Å²) in [6.45, 7) is -0.496. The van der Waals surface area contributed by atoms with Crippen molar-refractivity contribution in [2.45, 2.75) is 12.2 Å². The number of carboxylic acid groups (broad SMARTS) is 1. The molecule has 0 fully saturated rings. The summed E-state index contributed by atoms with van der Waals surface area (Å²) < 4.78 is 12.6. The molecule has 1 amide bonds. The van der Waals surface area contributed by atoms with Crippen molar-refractivity contribution in [3.05, 3.63) is 0 Å². The molecule has 3 N–H and O–H groups in total. The van der Waals surface area contributed by atoms with Crippen LogP contribution in [0.15, 0.2) is 0 Å². The fourth-order valence-electron chi connectivity index (χ4n) is 0.598. The number of carbonyl (C=O) groups is 2. The first-order valence-corrected chi connectivity index (χ1v) is 4.07. The fourth-order valence-corrected chi connectivity index (χ4v) is 0.746. The molecule has 0 aliphatic heterocycles. The van der Waals surface area contributed by atoms with Crippen molar-refractivity contribution in [2.75, 3.05) is 12.4 Å². The number of aliphatic carboxylic acids is 1. The van der Waals surface area contributed by atoms with Crippen LogP contribution in [0.5, 0.6) is 0 Å². The van der Waals surface area contributed by atoms with Gasteiger partial charge in [-0.05, 0) is 0 Å². The lowest BCUT2D eigenvalue weighted by molar-refractivity contribution is -0.170.